The number of rotatable bonds is 5. The Kier molecular flexibility index (Phi) is 4.69. The van der Waals surface area contributed by atoms with Gasteiger partial charge in [-0.15, -0.1) is 0 Å². The molecule has 0 radical (unpaired) electrons. The van der Waals surface area contributed by atoms with Crippen LogP contribution in [-0.4, -0.2) is 52.7 Å². The molecular formula is C23H21N5O2. The van der Waals surface area contributed by atoms with Crippen molar-refractivity contribution >= 4 is 28.0 Å². The molecule has 0 unspecified atom stereocenters. The molecule has 0 amide bonds. The van der Waals surface area contributed by atoms with Gasteiger partial charge in [-0.3, -0.25) is 4.90 Å². The molecule has 2 aliphatic rings. The molecule has 1 fully saturated rings. The summed E-state index contributed by atoms with van der Waals surface area (Å²) in [5, 5.41) is 25.1. The first-order valence-corrected chi connectivity index (χ1v) is 10.1. The highest BCUT2D eigenvalue weighted by atomic mass is 16.6. The number of hydrogen-bond donors (Lipinski definition) is 2. The van der Waals surface area contributed by atoms with Crippen LogP contribution >= 0.6 is 0 Å². The second-order valence-corrected chi connectivity index (χ2v) is 7.52. The maximum absolute atomic E-state index is 10.6. The van der Waals surface area contributed by atoms with Gasteiger partial charge in [0.1, 0.15) is 18.0 Å². The Balaban J connectivity index is 1.52. The Bertz CT molecular complexity index is 1210. The summed E-state index contributed by atoms with van der Waals surface area (Å²) in [4.78, 5) is 15.8. The number of benzene rings is 2. The number of H-pyrrole nitrogens is 1. The fraction of sp³-hybridized carbons (Fsp3) is 0.261. The summed E-state index contributed by atoms with van der Waals surface area (Å²) in [7, 11) is 0. The summed E-state index contributed by atoms with van der Waals surface area (Å²) in [6.07, 6.45) is 2.48. The fourth-order valence-electron chi connectivity index (χ4n) is 4.11. The van der Waals surface area contributed by atoms with E-state index in [2.05, 4.69) is 21.1 Å². The molecule has 5 rings (SSSR count). The molecule has 2 aliphatic heterocycles. The van der Waals surface area contributed by atoms with Gasteiger partial charge in [0.15, 0.2) is 5.88 Å². The number of aromatic hydroxyl groups is 1. The maximum atomic E-state index is 10.6. The zero-order chi connectivity index (χ0) is 20.5. The van der Waals surface area contributed by atoms with Crippen LogP contribution in [0.1, 0.15) is 29.5 Å². The number of likely N-dealkylation sites (tertiary alicyclic amines) is 1. The van der Waals surface area contributed by atoms with Crippen molar-refractivity contribution in [1.82, 2.24) is 9.88 Å². The number of hydrogen-bond acceptors (Lipinski definition) is 6. The highest BCUT2D eigenvalue weighted by Crippen LogP contribution is 2.36. The monoisotopic (exact) mass is 399 g/mol. The van der Waals surface area contributed by atoms with E-state index >= 15 is 0 Å². The number of nitriles is 1. The summed E-state index contributed by atoms with van der Waals surface area (Å²) in [6.45, 7) is 3.56. The lowest BCUT2D eigenvalue weighted by Crippen LogP contribution is -2.23. The maximum Gasteiger partial charge on any atom is 0.199 e. The highest BCUT2D eigenvalue weighted by molar-refractivity contribution is 6.58. The van der Waals surface area contributed by atoms with Gasteiger partial charge < -0.3 is 14.9 Å². The third-order valence-electron chi connectivity index (χ3n) is 5.61. The van der Waals surface area contributed by atoms with Crippen LogP contribution in [0.3, 0.4) is 0 Å². The van der Waals surface area contributed by atoms with Gasteiger partial charge in [-0.05, 0) is 50.2 Å². The Hall–Kier alpha value is -3.63. The summed E-state index contributed by atoms with van der Waals surface area (Å²) in [6, 6.07) is 15.1. The van der Waals surface area contributed by atoms with Crippen molar-refractivity contribution in [2.45, 2.75) is 12.8 Å². The van der Waals surface area contributed by atoms with Gasteiger partial charge >= 0.3 is 0 Å². The van der Waals surface area contributed by atoms with E-state index in [1.807, 2.05) is 24.3 Å². The highest BCUT2D eigenvalue weighted by Gasteiger charge is 2.29. The van der Waals surface area contributed by atoms with Gasteiger partial charge in [-0.2, -0.15) is 5.26 Å². The van der Waals surface area contributed by atoms with Crippen LogP contribution in [0.15, 0.2) is 52.6 Å². The van der Waals surface area contributed by atoms with E-state index in [1.165, 1.54) is 12.8 Å². The van der Waals surface area contributed by atoms with Crippen molar-refractivity contribution in [3.63, 3.8) is 0 Å². The molecule has 0 spiro atoms. The van der Waals surface area contributed by atoms with Crippen LogP contribution in [0.25, 0.3) is 10.9 Å². The van der Waals surface area contributed by atoms with Crippen molar-refractivity contribution in [3.05, 3.63) is 59.2 Å². The zero-order valence-electron chi connectivity index (χ0n) is 16.4. The van der Waals surface area contributed by atoms with Gasteiger partial charge in [0.05, 0.1) is 22.9 Å². The molecule has 0 aliphatic carbocycles. The Morgan fingerprint density at radius 3 is 2.87 bits per heavy atom. The summed E-state index contributed by atoms with van der Waals surface area (Å²) in [5.74, 6) is -0.00332. The third-order valence-corrected chi connectivity index (χ3v) is 5.61. The lowest BCUT2D eigenvalue weighted by molar-refractivity contribution is 0.119. The van der Waals surface area contributed by atoms with Crippen molar-refractivity contribution in [1.29, 1.82) is 5.26 Å². The van der Waals surface area contributed by atoms with E-state index in [0.717, 1.165) is 41.8 Å². The lowest BCUT2D eigenvalue weighted by Gasteiger charge is -2.13. The van der Waals surface area contributed by atoms with Gasteiger partial charge in [0.25, 0.3) is 0 Å². The number of aliphatic imine (C=N–C) groups is 1. The Morgan fingerprint density at radius 1 is 1.20 bits per heavy atom. The second-order valence-electron chi connectivity index (χ2n) is 7.52. The number of nitrogens with zero attached hydrogens (tertiary/aromatic N) is 4. The first kappa shape index (κ1) is 18.4. The molecule has 7 nitrogen and oxygen atoms in total. The Morgan fingerprint density at radius 2 is 2.03 bits per heavy atom. The third kappa shape index (κ3) is 3.21. The van der Waals surface area contributed by atoms with Crippen molar-refractivity contribution in [2.24, 2.45) is 10.1 Å². The van der Waals surface area contributed by atoms with Crippen LogP contribution in [0.4, 0.5) is 5.69 Å². The van der Waals surface area contributed by atoms with Gasteiger partial charge in [0.2, 0.25) is 0 Å². The molecule has 2 aromatic carbocycles. The van der Waals surface area contributed by atoms with E-state index in [1.54, 1.807) is 18.2 Å². The van der Waals surface area contributed by atoms with Crippen LogP contribution in [-0.2, 0) is 4.84 Å². The molecule has 3 heterocycles. The van der Waals surface area contributed by atoms with Crippen LogP contribution in [0, 0.1) is 11.3 Å². The normalized spacial score (nSPS) is 17.3. The van der Waals surface area contributed by atoms with Gasteiger partial charge in [-0.25, -0.2) is 4.99 Å². The number of aromatic amines is 1. The van der Waals surface area contributed by atoms with E-state index in [-0.39, 0.29) is 5.88 Å². The smallest absolute Gasteiger partial charge is 0.199 e. The van der Waals surface area contributed by atoms with Gasteiger partial charge in [-0.1, -0.05) is 23.4 Å². The minimum absolute atomic E-state index is 0.00332. The molecule has 0 saturated carbocycles. The molecule has 3 aromatic rings. The number of para-hydroxylation sites is 1. The minimum Gasteiger partial charge on any atom is -0.494 e. The molecule has 0 bridgehead atoms. The van der Waals surface area contributed by atoms with Gasteiger partial charge in [0, 0.05) is 23.0 Å². The minimum atomic E-state index is -0.00332. The SMILES string of the molecule is N#Cc1ccc2[nH]c(O)c(C3=Nc4ccccc4/C3=N\OCCN3CCCC3)c2c1. The standard InChI is InChI=1S/C23H21N5O2/c24-14-15-7-8-19-17(13-15)20(23(29)26-19)22-21(16-5-1-2-6-18(16)25-22)27-30-12-11-28-9-3-4-10-28/h1-2,5-8,13,26,29H,3-4,9-12H2/b27-21+. The zero-order valence-corrected chi connectivity index (χ0v) is 16.4. The van der Waals surface area contributed by atoms with Crippen LogP contribution in [0.2, 0.25) is 0 Å². The Labute approximate surface area is 173 Å². The predicted molar refractivity (Wildman–Crippen MR) is 115 cm³/mol. The van der Waals surface area contributed by atoms with E-state index in [4.69, 9.17) is 9.83 Å². The van der Waals surface area contributed by atoms with Crippen molar-refractivity contribution in [2.75, 3.05) is 26.2 Å². The average Bonchev–Trinajstić information content (AvgIpc) is 3.47. The fourth-order valence-corrected chi connectivity index (χ4v) is 4.11. The molecule has 150 valence electrons. The van der Waals surface area contributed by atoms with E-state index < -0.39 is 0 Å². The summed E-state index contributed by atoms with van der Waals surface area (Å²) >= 11 is 0. The topological polar surface area (TPSA) is 97.0 Å². The average molecular weight is 399 g/mol. The second kappa shape index (κ2) is 7.65. The first-order chi connectivity index (χ1) is 14.7. The molecular weight excluding hydrogens is 378 g/mol. The van der Waals surface area contributed by atoms with Crippen molar-refractivity contribution in [3.8, 4) is 11.9 Å². The van der Waals surface area contributed by atoms with Crippen LogP contribution in [0.5, 0.6) is 5.88 Å². The number of fused-ring (bicyclic) bond motifs is 2. The number of aromatic nitrogens is 1. The summed E-state index contributed by atoms with van der Waals surface area (Å²) < 4.78 is 0. The molecule has 30 heavy (non-hydrogen) atoms. The van der Waals surface area contributed by atoms with Crippen LogP contribution < -0.4 is 0 Å². The predicted octanol–water partition coefficient (Wildman–Crippen LogP) is 3.70. The molecule has 0 atom stereocenters. The quantitative estimate of drug-likeness (QED) is 0.505. The molecule has 1 saturated heterocycles. The number of oxime groups is 1. The van der Waals surface area contributed by atoms with E-state index in [9.17, 15) is 10.4 Å². The van der Waals surface area contributed by atoms with E-state index in [0.29, 0.717) is 29.2 Å². The number of nitrogens with one attached hydrogen (secondary N) is 1. The molecule has 7 heteroatoms. The first-order valence-electron chi connectivity index (χ1n) is 10.1. The largest absolute Gasteiger partial charge is 0.494 e. The van der Waals surface area contributed by atoms with Crippen molar-refractivity contribution < 1.29 is 9.94 Å². The lowest BCUT2D eigenvalue weighted by atomic mass is 10.0. The molecule has 1 aromatic heterocycles. The molecule has 2 N–H and O–H groups in total. The summed E-state index contributed by atoms with van der Waals surface area (Å²) in [5.41, 5.74) is 4.54.